The van der Waals surface area contributed by atoms with Crippen molar-refractivity contribution in [3.05, 3.63) is 46.3 Å². The number of para-hydroxylation sites is 1. The predicted octanol–water partition coefficient (Wildman–Crippen LogP) is 2.39. The Kier molecular flexibility index (Phi) is 3.42. The lowest BCUT2D eigenvalue weighted by molar-refractivity contribution is 0.101. The highest BCUT2D eigenvalue weighted by Gasteiger charge is 2.28. The van der Waals surface area contributed by atoms with Gasteiger partial charge in [-0.2, -0.15) is 0 Å². The Labute approximate surface area is 114 Å². The third-order valence-corrected chi connectivity index (χ3v) is 5.80. The Bertz CT molecular complexity index is 668. The summed E-state index contributed by atoms with van der Waals surface area (Å²) < 4.78 is 5.21. The third kappa shape index (κ3) is 2.59. The molecule has 1 saturated heterocycles. The fourth-order valence-corrected chi connectivity index (χ4v) is 4.62. The summed E-state index contributed by atoms with van der Waals surface area (Å²) in [4.78, 5) is 24.1. The summed E-state index contributed by atoms with van der Waals surface area (Å²) in [6.07, 6.45) is 2.42. The van der Waals surface area contributed by atoms with Gasteiger partial charge in [0, 0.05) is 5.39 Å². The summed E-state index contributed by atoms with van der Waals surface area (Å²) in [5.41, 5.74) is 0.233. The summed E-state index contributed by atoms with van der Waals surface area (Å²) in [6, 6.07) is 8.95. The molecule has 0 amide bonds. The second kappa shape index (κ2) is 5.21. The number of fused-ring (bicyclic) bond motifs is 1. The van der Waals surface area contributed by atoms with Crippen molar-refractivity contribution < 1.29 is 9.21 Å². The van der Waals surface area contributed by atoms with E-state index in [0.717, 1.165) is 16.9 Å². The van der Waals surface area contributed by atoms with Gasteiger partial charge in [-0.3, -0.25) is 4.79 Å². The van der Waals surface area contributed by atoms with Crippen LogP contribution in [0.3, 0.4) is 0 Å². The topological polar surface area (TPSA) is 47.3 Å². The molecular weight excluding hydrogens is 260 g/mol. The number of Topliss-reactive ketones (excluding diaryl/α,β-unsaturated/α-hetero) is 1. The van der Waals surface area contributed by atoms with Gasteiger partial charge < -0.3 is 4.42 Å². The first-order chi connectivity index (χ1) is 9.24. The van der Waals surface area contributed by atoms with Crippen LogP contribution in [-0.2, 0) is 10.9 Å². The highest BCUT2D eigenvalue weighted by atomic mass is 32.2. The van der Waals surface area contributed by atoms with Crippen LogP contribution in [-0.4, -0.2) is 23.0 Å². The lowest BCUT2D eigenvalue weighted by Gasteiger charge is -2.01. The summed E-state index contributed by atoms with van der Waals surface area (Å²) in [6.45, 7) is 0. The standard InChI is InChI=1S/C15H15O3S/c16-13(10-19-7-3-4-8-19)12-9-11-5-1-2-6-14(11)18-15(12)17/h1-2,5-6,9H,3-4,7-8,10H2/q+1. The minimum atomic E-state index is -0.508. The minimum absolute atomic E-state index is 0.0651. The first-order valence-corrected chi connectivity index (χ1v) is 8.17. The lowest BCUT2D eigenvalue weighted by atomic mass is 10.1. The van der Waals surface area contributed by atoms with Crippen LogP contribution >= 0.6 is 0 Å². The molecule has 98 valence electrons. The van der Waals surface area contributed by atoms with Crippen LogP contribution < -0.4 is 5.63 Å². The molecule has 0 aliphatic carbocycles. The third-order valence-electron chi connectivity index (χ3n) is 3.39. The highest BCUT2D eigenvalue weighted by Crippen LogP contribution is 2.17. The van der Waals surface area contributed by atoms with Crippen LogP contribution in [0.2, 0.25) is 0 Å². The van der Waals surface area contributed by atoms with Crippen molar-refractivity contribution >= 4 is 27.6 Å². The van der Waals surface area contributed by atoms with E-state index in [9.17, 15) is 9.59 Å². The average Bonchev–Trinajstić information content (AvgIpc) is 2.90. The molecule has 2 heterocycles. The Morgan fingerprint density at radius 2 is 1.95 bits per heavy atom. The van der Waals surface area contributed by atoms with E-state index in [2.05, 4.69) is 0 Å². The van der Waals surface area contributed by atoms with Crippen molar-refractivity contribution in [3.63, 3.8) is 0 Å². The fourth-order valence-electron chi connectivity index (χ4n) is 2.38. The molecule has 4 heteroatoms. The number of hydrogen-bond donors (Lipinski definition) is 0. The molecule has 1 fully saturated rings. The van der Waals surface area contributed by atoms with E-state index in [-0.39, 0.29) is 22.2 Å². The largest absolute Gasteiger partial charge is 0.422 e. The van der Waals surface area contributed by atoms with Gasteiger partial charge in [0.15, 0.2) is 5.75 Å². The summed E-state index contributed by atoms with van der Waals surface area (Å²) in [7, 11) is 0.170. The van der Waals surface area contributed by atoms with E-state index < -0.39 is 5.63 Å². The number of ketones is 1. The molecule has 1 aromatic carbocycles. The molecule has 19 heavy (non-hydrogen) atoms. The molecule has 2 aromatic rings. The Balaban J connectivity index is 1.92. The number of rotatable bonds is 3. The van der Waals surface area contributed by atoms with Crippen molar-refractivity contribution in [2.75, 3.05) is 17.3 Å². The van der Waals surface area contributed by atoms with Gasteiger partial charge in [-0.05, 0) is 35.9 Å². The van der Waals surface area contributed by atoms with Gasteiger partial charge >= 0.3 is 5.63 Å². The molecule has 1 aliphatic rings. The zero-order valence-electron chi connectivity index (χ0n) is 10.6. The highest BCUT2D eigenvalue weighted by molar-refractivity contribution is 7.97. The molecule has 0 N–H and O–H groups in total. The summed E-state index contributed by atoms with van der Waals surface area (Å²) in [5.74, 6) is 2.70. The molecule has 0 radical (unpaired) electrons. The van der Waals surface area contributed by atoms with Crippen LogP contribution in [0.1, 0.15) is 23.2 Å². The quantitative estimate of drug-likeness (QED) is 0.491. The molecule has 3 nitrogen and oxygen atoms in total. The van der Waals surface area contributed by atoms with Crippen LogP contribution in [0.4, 0.5) is 0 Å². The zero-order valence-corrected chi connectivity index (χ0v) is 11.4. The van der Waals surface area contributed by atoms with Gasteiger partial charge in [-0.1, -0.05) is 18.2 Å². The normalized spacial score (nSPS) is 16.0. The molecule has 1 aromatic heterocycles. The Morgan fingerprint density at radius 1 is 1.21 bits per heavy atom. The van der Waals surface area contributed by atoms with E-state index >= 15 is 0 Å². The minimum Gasteiger partial charge on any atom is -0.422 e. The van der Waals surface area contributed by atoms with Crippen LogP contribution in [0, 0.1) is 0 Å². The van der Waals surface area contributed by atoms with Crippen molar-refractivity contribution in [2.24, 2.45) is 0 Å². The van der Waals surface area contributed by atoms with Crippen molar-refractivity contribution in [3.8, 4) is 0 Å². The van der Waals surface area contributed by atoms with E-state index in [0.29, 0.717) is 11.3 Å². The molecule has 0 atom stereocenters. The first-order valence-electron chi connectivity index (χ1n) is 6.44. The smallest absolute Gasteiger partial charge is 0.347 e. The average molecular weight is 275 g/mol. The molecule has 0 spiro atoms. The molecule has 3 rings (SSSR count). The van der Waals surface area contributed by atoms with Gasteiger partial charge in [0.2, 0.25) is 5.78 Å². The van der Waals surface area contributed by atoms with Gasteiger partial charge in [-0.15, -0.1) is 0 Å². The number of hydrogen-bond acceptors (Lipinski definition) is 3. The monoisotopic (exact) mass is 275 g/mol. The zero-order chi connectivity index (χ0) is 13.2. The summed E-state index contributed by atoms with van der Waals surface area (Å²) in [5, 5.41) is 0.806. The van der Waals surface area contributed by atoms with E-state index in [1.165, 1.54) is 12.8 Å². The van der Waals surface area contributed by atoms with Crippen molar-refractivity contribution in [1.82, 2.24) is 0 Å². The maximum Gasteiger partial charge on any atom is 0.347 e. The number of carbonyl (C=O) groups is 1. The van der Waals surface area contributed by atoms with Crippen LogP contribution in [0.15, 0.2) is 39.5 Å². The SMILES string of the molecule is O=C(C[S+]1CCCC1)c1cc2ccccc2oc1=O. The first kappa shape index (κ1) is 12.5. The van der Waals surface area contributed by atoms with E-state index in [4.69, 9.17) is 4.42 Å². The van der Waals surface area contributed by atoms with Gasteiger partial charge in [0.05, 0.1) is 0 Å². The summed E-state index contributed by atoms with van der Waals surface area (Å²) >= 11 is 0. The predicted molar refractivity (Wildman–Crippen MR) is 78.0 cm³/mol. The van der Waals surface area contributed by atoms with Gasteiger partial charge in [0.25, 0.3) is 0 Å². The molecule has 1 aliphatic heterocycles. The fraction of sp³-hybridized carbons (Fsp3) is 0.333. The van der Waals surface area contributed by atoms with Gasteiger partial charge in [-0.25, -0.2) is 4.79 Å². The number of carbonyl (C=O) groups excluding carboxylic acids is 1. The van der Waals surface area contributed by atoms with Gasteiger partial charge in [0.1, 0.15) is 22.7 Å². The Morgan fingerprint density at radius 3 is 2.74 bits per heavy atom. The van der Waals surface area contributed by atoms with Crippen molar-refractivity contribution in [1.29, 1.82) is 0 Å². The van der Waals surface area contributed by atoms with Crippen molar-refractivity contribution in [2.45, 2.75) is 12.8 Å². The second-order valence-corrected chi connectivity index (χ2v) is 7.11. The maximum atomic E-state index is 12.2. The lowest BCUT2D eigenvalue weighted by Crippen LogP contribution is -2.23. The maximum absolute atomic E-state index is 12.2. The van der Waals surface area contributed by atoms with E-state index in [1.54, 1.807) is 12.1 Å². The molecular formula is C15H15O3S+. The molecule has 0 bridgehead atoms. The Hall–Kier alpha value is -1.55. The van der Waals surface area contributed by atoms with Crippen LogP contribution in [0.25, 0.3) is 11.0 Å². The second-order valence-electron chi connectivity index (χ2n) is 4.78. The number of benzene rings is 1. The van der Waals surface area contributed by atoms with E-state index in [1.807, 2.05) is 18.2 Å². The van der Waals surface area contributed by atoms with Crippen LogP contribution in [0.5, 0.6) is 0 Å². The molecule has 0 unspecified atom stereocenters. The molecule has 0 saturated carbocycles.